The maximum Gasteiger partial charge on any atom is 0.187 e. The number of aromatic hydroxyl groups is 1. The van der Waals surface area contributed by atoms with Crippen molar-refractivity contribution in [1.29, 1.82) is 0 Å². The van der Waals surface area contributed by atoms with Crippen LogP contribution in [0.5, 0.6) is 5.75 Å². The Labute approximate surface area is 283 Å². The largest absolute Gasteiger partial charge is 0.507 e. The number of phenolic OH excluding ortho intramolecular Hbond substituents is 1. The molecule has 4 aromatic carbocycles. The molecule has 1 aliphatic carbocycles. The van der Waals surface area contributed by atoms with Gasteiger partial charge in [-0.05, 0) is 74.9 Å². The standard InChI is InChI=1S/C42H34N4O3/c1-24-10-14-27(15-11-24)38-30-18-20-36(47)32(22-43-34-8-4-6-28-16-12-25(2)45-39(28)34)41(30)49-42-31(38)19-21-37(48)33(42)23-44-35-9-5-7-29-17-13-26(3)46-40(29)35/h4-21,43-44,47H,22-23H2,1-3H3. The topological polar surface area (TPSA) is 100 Å². The van der Waals surface area contributed by atoms with E-state index >= 15 is 0 Å². The first-order valence-corrected chi connectivity index (χ1v) is 16.3. The van der Waals surface area contributed by atoms with E-state index in [2.05, 4.69) is 47.9 Å². The van der Waals surface area contributed by atoms with Crippen LogP contribution in [0.1, 0.15) is 28.1 Å². The van der Waals surface area contributed by atoms with Gasteiger partial charge in [0, 0.05) is 51.8 Å². The van der Waals surface area contributed by atoms with Crippen molar-refractivity contribution in [3.05, 3.63) is 147 Å². The van der Waals surface area contributed by atoms with Gasteiger partial charge in [-0.3, -0.25) is 14.8 Å². The Morgan fingerprint density at radius 1 is 0.653 bits per heavy atom. The number of hydrogen-bond donors (Lipinski definition) is 3. The molecule has 0 fully saturated rings. The van der Waals surface area contributed by atoms with Crippen molar-refractivity contribution >= 4 is 44.1 Å². The number of phenols is 1. The first-order chi connectivity index (χ1) is 23.8. The maximum atomic E-state index is 13.6. The van der Waals surface area contributed by atoms with Crippen molar-refractivity contribution in [2.45, 2.75) is 33.9 Å². The molecule has 0 radical (unpaired) electrons. The van der Waals surface area contributed by atoms with Crippen LogP contribution in [0.3, 0.4) is 0 Å². The molecule has 1 aliphatic heterocycles. The molecule has 0 amide bonds. The smallest absolute Gasteiger partial charge is 0.187 e. The fourth-order valence-electron chi connectivity index (χ4n) is 6.61. The number of para-hydroxylation sites is 2. The number of aromatic nitrogens is 2. The van der Waals surface area contributed by atoms with Crippen LogP contribution in [-0.4, -0.2) is 15.1 Å². The monoisotopic (exact) mass is 642 g/mol. The predicted octanol–water partition coefficient (Wildman–Crippen LogP) is 9.52. The lowest BCUT2D eigenvalue weighted by Crippen LogP contribution is -2.15. The summed E-state index contributed by atoms with van der Waals surface area (Å²) < 4.78 is 6.77. The summed E-state index contributed by atoms with van der Waals surface area (Å²) in [4.78, 5) is 23.2. The third kappa shape index (κ3) is 5.49. The fraction of sp³-hybridized carbons (Fsp3) is 0.119. The van der Waals surface area contributed by atoms with E-state index in [-0.39, 0.29) is 24.3 Å². The van der Waals surface area contributed by atoms with Crippen LogP contribution in [0, 0.1) is 20.8 Å². The molecule has 0 unspecified atom stereocenters. The zero-order valence-corrected chi connectivity index (χ0v) is 27.5. The number of rotatable bonds is 7. The maximum absolute atomic E-state index is 13.6. The van der Waals surface area contributed by atoms with E-state index in [1.807, 2.05) is 80.6 Å². The molecular formula is C42H34N4O3. The van der Waals surface area contributed by atoms with Gasteiger partial charge in [0.1, 0.15) is 17.1 Å². The highest BCUT2D eigenvalue weighted by molar-refractivity contribution is 6.04. The second-order valence-corrected chi connectivity index (χ2v) is 12.6. The van der Waals surface area contributed by atoms with Crippen LogP contribution >= 0.6 is 0 Å². The normalized spacial score (nSPS) is 11.5. The van der Waals surface area contributed by atoms with E-state index in [9.17, 15) is 9.90 Å². The van der Waals surface area contributed by atoms with E-state index in [1.165, 1.54) is 0 Å². The molecule has 0 saturated heterocycles. The summed E-state index contributed by atoms with van der Waals surface area (Å²) in [6.45, 7) is 6.49. The molecule has 2 aliphatic rings. The molecule has 0 bridgehead atoms. The molecule has 0 atom stereocenters. The molecule has 0 saturated carbocycles. The summed E-state index contributed by atoms with van der Waals surface area (Å²) in [5.41, 5.74) is 10.5. The number of hydrogen-bond acceptors (Lipinski definition) is 7. The fourth-order valence-corrected chi connectivity index (χ4v) is 6.61. The van der Waals surface area contributed by atoms with Gasteiger partial charge >= 0.3 is 0 Å². The lowest BCUT2D eigenvalue weighted by Gasteiger charge is -2.20. The van der Waals surface area contributed by atoms with Crippen molar-refractivity contribution in [2.24, 2.45) is 0 Å². The number of nitrogens with one attached hydrogen (secondary N) is 2. The molecule has 8 rings (SSSR count). The van der Waals surface area contributed by atoms with Gasteiger partial charge in [-0.15, -0.1) is 0 Å². The van der Waals surface area contributed by atoms with Gasteiger partial charge in [0.2, 0.25) is 0 Å². The van der Waals surface area contributed by atoms with Crippen LogP contribution < -0.4 is 16.1 Å². The Balaban J connectivity index is 1.30. The van der Waals surface area contributed by atoms with Crippen LogP contribution in [0.2, 0.25) is 0 Å². The molecule has 7 nitrogen and oxygen atoms in total. The summed E-state index contributed by atoms with van der Waals surface area (Å²) in [5.74, 6) is 0.569. The molecule has 6 aromatic rings. The minimum absolute atomic E-state index is 0.0949. The second kappa shape index (κ2) is 12.1. The SMILES string of the molecule is Cc1ccc(-c2c3ccc(=O)c(CNc4cccc5ccc(C)nc45)c-3oc3c(CNc4cccc5ccc(C)nc45)c(O)ccc23)cc1. The zero-order valence-electron chi connectivity index (χ0n) is 27.5. The molecule has 49 heavy (non-hydrogen) atoms. The van der Waals surface area contributed by atoms with E-state index in [1.54, 1.807) is 12.1 Å². The van der Waals surface area contributed by atoms with E-state index in [0.29, 0.717) is 22.5 Å². The van der Waals surface area contributed by atoms with Crippen LogP contribution in [0.4, 0.5) is 11.4 Å². The first-order valence-electron chi connectivity index (χ1n) is 16.3. The van der Waals surface area contributed by atoms with Gasteiger partial charge in [0.05, 0.1) is 33.5 Å². The number of fused-ring (bicyclic) bond motifs is 4. The molecule has 2 aromatic heterocycles. The minimum atomic E-state index is -0.139. The van der Waals surface area contributed by atoms with Gasteiger partial charge in [-0.1, -0.05) is 66.2 Å². The quantitative estimate of drug-likeness (QED) is 0.149. The van der Waals surface area contributed by atoms with Crippen molar-refractivity contribution in [2.75, 3.05) is 10.6 Å². The second-order valence-electron chi connectivity index (χ2n) is 12.6. The number of aryl methyl sites for hydroxylation is 3. The number of nitrogens with zero attached hydrogens (tertiary/aromatic N) is 2. The predicted molar refractivity (Wildman–Crippen MR) is 199 cm³/mol. The van der Waals surface area contributed by atoms with Gasteiger partial charge < -0.3 is 20.2 Å². The van der Waals surface area contributed by atoms with Crippen molar-refractivity contribution in [1.82, 2.24) is 9.97 Å². The lowest BCUT2D eigenvalue weighted by atomic mass is 9.90. The van der Waals surface area contributed by atoms with E-state index < -0.39 is 0 Å². The highest BCUT2D eigenvalue weighted by atomic mass is 16.3. The average molecular weight is 643 g/mol. The summed E-state index contributed by atoms with van der Waals surface area (Å²) in [6, 6.07) is 35.5. The van der Waals surface area contributed by atoms with Crippen molar-refractivity contribution in [3.63, 3.8) is 0 Å². The van der Waals surface area contributed by atoms with Gasteiger partial charge in [0.15, 0.2) is 5.43 Å². The summed E-state index contributed by atoms with van der Waals surface area (Å²) in [6.07, 6.45) is 0. The molecular weight excluding hydrogens is 608 g/mol. The van der Waals surface area contributed by atoms with Crippen molar-refractivity contribution < 1.29 is 9.52 Å². The minimum Gasteiger partial charge on any atom is -0.507 e. The molecule has 240 valence electrons. The average Bonchev–Trinajstić information content (AvgIpc) is 3.10. The Morgan fingerprint density at radius 3 is 1.90 bits per heavy atom. The number of benzene rings is 5. The Hall–Kier alpha value is -6.21. The third-order valence-electron chi connectivity index (χ3n) is 9.17. The van der Waals surface area contributed by atoms with Gasteiger partial charge in [0.25, 0.3) is 0 Å². The molecule has 0 spiro atoms. The Bertz CT molecular complexity index is 2570. The highest BCUT2D eigenvalue weighted by Gasteiger charge is 2.24. The summed E-state index contributed by atoms with van der Waals surface area (Å²) >= 11 is 0. The lowest BCUT2D eigenvalue weighted by molar-refractivity contribution is 0.467. The van der Waals surface area contributed by atoms with Crippen molar-refractivity contribution in [3.8, 4) is 28.2 Å². The van der Waals surface area contributed by atoms with Gasteiger partial charge in [-0.2, -0.15) is 0 Å². The van der Waals surface area contributed by atoms with Crippen LogP contribution in [-0.2, 0) is 13.1 Å². The first kappa shape index (κ1) is 30.1. The molecule has 3 heterocycles. The van der Waals surface area contributed by atoms with Gasteiger partial charge in [-0.25, -0.2) is 0 Å². The summed E-state index contributed by atoms with van der Waals surface area (Å²) in [5, 5.41) is 21.2. The summed E-state index contributed by atoms with van der Waals surface area (Å²) in [7, 11) is 0. The highest BCUT2D eigenvalue weighted by Crippen LogP contribution is 2.44. The van der Waals surface area contributed by atoms with E-state index in [4.69, 9.17) is 14.4 Å². The Kier molecular flexibility index (Phi) is 7.45. The van der Waals surface area contributed by atoms with Crippen LogP contribution in [0.25, 0.3) is 55.2 Å². The molecule has 7 heteroatoms. The van der Waals surface area contributed by atoms with Crippen LogP contribution in [0.15, 0.2) is 118 Å². The number of anilines is 2. The third-order valence-corrected chi connectivity index (χ3v) is 9.17. The molecule has 3 N–H and O–H groups in total. The zero-order chi connectivity index (χ0) is 33.6. The number of pyridine rings is 2. The van der Waals surface area contributed by atoms with E-state index in [0.717, 1.165) is 72.2 Å². The Morgan fingerprint density at radius 2 is 1.27 bits per heavy atom.